The largest absolute Gasteiger partial charge is 0.310 e. The van der Waals surface area contributed by atoms with Crippen LogP contribution in [-0.2, 0) is 13.5 Å². The van der Waals surface area contributed by atoms with Gasteiger partial charge in [-0.2, -0.15) is 5.10 Å². The number of aromatic nitrogens is 3. The van der Waals surface area contributed by atoms with Crippen LogP contribution in [0.5, 0.6) is 0 Å². The summed E-state index contributed by atoms with van der Waals surface area (Å²) in [6.45, 7) is 3.20. The Bertz CT molecular complexity index is 464. The van der Waals surface area contributed by atoms with Gasteiger partial charge in [0.25, 0.3) is 0 Å². The van der Waals surface area contributed by atoms with Gasteiger partial charge in [0.05, 0.1) is 6.20 Å². The molecule has 1 atom stereocenters. The van der Waals surface area contributed by atoms with Crippen LogP contribution in [0.2, 0.25) is 0 Å². The Labute approximate surface area is 108 Å². The van der Waals surface area contributed by atoms with Gasteiger partial charge in [-0.3, -0.25) is 9.67 Å². The second-order valence-corrected chi connectivity index (χ2v) is 4.51. The van der Waals surface area contributed by atoms with Crippen LogP contribution in [0.25, 0.3) is 0 Å². The molecule has 0 saturated carbocycles. The third-order valence-electron chi connectivity index (χ3n) is 2.95. The maximum atomic E-state index is 4.22. The lowest BCUT2D eigenvalue weighted by atomic mass is 10.0. The second-order valence-electron chi connectivity index (χ2n) is 4.51. The van der Waals surface area contributed by atoms with Crippen molar-refractivity contribution in [3.63, 3.8) is 0 Å². The number of rotatable bonds is 6. The third-order valence-corrected chi connectivity index (χ3v) is 2.95. The molecule has 0 aliphatic rings. The Hall–Kier alpha value is -1.68. The van der Waals surface area contributed by atoms with Gasteiger partial charge in [-0.05, 0) is 42.6 Å². The fourth-order valence-corrected chi connectivity index (χ4v) is 2.04. The standard InChI is InChI=1S/C14H20N4/c1-3-6-16-14(13-4-7-15-8-5-13)9-12-10-17-18(2)11-12/h4-5,7-8,10-11,14,16H,3,6,9H2,1-2H3. The Morgan fingerprint density at radius 2 is 2.11 bits per heavy atom. The molecule has 0 radical (unpaired) electrons. The molecule has 1 N–H and O–H groups in total. The molecule has 0 aromatic carbocycles. The summed E-state index contributed by atoms with van der Waals surface area (Å²) < 4.78 is 1.85. The van der Waals surface area contributed by atoms with Crippen molar-refractivity contribution in [3.8, 4) is 0 Å². The Balaban J connectivity index is 2.10. The number of hydrogen-bond acceptors (Lipinski definition) is 3. The van der Waals surface area contributed by atoms with E-state index in [1.807, 2.05) is 30.3 Å². The summed E-state index contributed by atoms with van der Waals surface area (Å²) in [5, 5.41) is 7.80. The summed E-state index contributed by atoms with van der Waals surface area (Å²) in [7, 11) is 1.95. The predicted molar refractivity (Wildman–Crippen MR) is 72.2 cm³/mol. The Morgan fingerprint density at radius 1 is 1.33 bits per heavy atom. The smallest absolute Gasteiger partial charge is 0.0522 e. The molecular formula is C14H20N4. The highest BCUT2D eigenvalue weighted by molar-refractivity contribution is 5.19. The third kappa shape index (κ3) is 3.40. The first-order valence-electron chi connectivity index (χ1n) is 6.40. The molecule has 2 heterocycles. The molecule has 18 heavy (non-hydrogen) atoms. The van der Waals surface area contributed by atoms with E-state index in [-0.39, 0.29) is 0 Å². The quantitative estimate of drug-likeness (QED) is 0.846. The topological polar surface area (TPSA) is 42.7 Å². The van der Waals surface area contributed by atoms with Crippen LogP contribution in [0.4, 0.5) is 0 Å². The molecule has 96 valence electrons. The molecular weight excluding hydrogens is 224 g/mol. The summed E-state index contributed by atoms with van der Waals surface area (Å²) in [5.74, 6) is 0. The van der Waals surface area contributed by atoms with Crippen LogP contribution in [0, 0.1) is 0 Å². The van der Waals surface area contributed by atoms with Gasteiger partial charge in [-0.1, -0.05) is 6.92 Å². The molecule has 2 rings (SSSR count). The maximum Gasteiger partial charge on any atom is 0.0522 e. The summed E-state index contributed by atoms with van der Waals surface area (Å²) in [4.78, 5) is 4.07. The molecule has 4 heteroatoms. The summed E-state index contributed by atoms with van der Waals surface area (Å²) in [5.41, 5.74) is 2.53. The number of hydrogen-bond donors (Lipinski definition) is 1. The minimum atomic E-state index is 0.331. The highest BCUT2D eigenvalue weighted by Crippen LogP contribution is 2.17. The van der Waals surface area contributed by atoms with Gasteiger partial charge >= 0.3 is 0 Å². The van der Waals surface area contributed by atoms with E-state index in [1.54, 1.807) is 0 Å². The first-order valence-corrected chi connectivity index (χ1v) is 6.40. The molecule has 0 bridgehead atoms. The fourth-order valence-electron chi connectivity index (χ4n) is 2.04. The molecule has 2 aromatic rings. The molecule has 0 fully saturated rings. The number of nitrogens with zero attached hydrogens (tertiary/aromatic N) is 3. The lowest BCUT2D eigenvalue weighted by Crippen LogP contribution is -2.24. The van der Waals surface area contributed by atoms with Crippen molar-refractivity contribution in [2.24, 2.45) is 7.05 Å². The normalized spacial score (nSPS) is 12.6. The molecule has 0 amide bonds. The summed E-state index contributed by atoms with van der Waals surface area (Å²) >= 11 is 0. The van der Waals surface area contributed by atoms with E-state index in [1.165, 1.54) is 11.1 Å². The van der Waals surface area contributed by atoms with Crippen molar-refractivity contribution in [1.29, 1.82) is 0 Å². The fraction of sp³-hybridized carbons (Fsp3) is 0.429. The van der Waals surface area contributed by atoms with Crippen LogP contribution in [0.1, 0.15) is 30.5 Å². The van der Waals surface area contributed by atoms with E-state index >= 15 is 0 Å². The SMILES string of the molecule is CCCNC(Cc1cnn(C)c1)c1ccncc1. The maximum absolute atomic E-state index is 4.22. The lowest BCUT2D eigenvalue weighted by molar-refractivity contribution is 0.528. The van der Waals surface area contributed by atoms with E-state index in [4.69, 9.17) is 0 Å². The van der Waals surface area contributed by atoms with Crippen molar-refractivity contribution in [3.05, 3.63) is 48.0 Å². The molecule has 4 nitrogen and oxygen atoms in total. The molecule has 0 aliphatic carbocycles. The minimum Gasteiger partial charge on any atom is -0.310 e. The zero-order valence-electron chi connectivity index (χ0n) is 11.0. The molecule has 2 aromatic heterocycles. The number of aryl methyl sites for hydroxylation is 1. The van der Waals surface area contributed by atoms with Crippen molar-refractivity contribution >= 4 is 0 Å². The number of nitrogens with one attached hydrogen (secondary N) is 1. The van der Waals surface area contributed by atoms with Crippen LogP contribution in [-0.4, -0.2) is 21.3 Å². The monoisotopic (exact) mass is 244 g/mol. The summed E-state index contributed by atoms with van der Waals surface area (Å²) in [6.07, 6.45) is 9.79. The summed E-state index contributed by atoms with van der Waals surface area (Å²) in [6, 6.07) is 4.48. The van der Waals surface area contributed by atoms with Crippen LogP contribution >= 0.6 is 0 Å². The number of pyridine rings is 1. The predicted octanol–water partition coefficient (Wildman–Crippen LogP) is 2.10. The average Bonchev–Trinajstić information content (AvgIpc) is 2.81. The van der Waals surface area contributed by atoms with Gasteiger partial charge in [0.2, 0.25) is 0 Å². The first-order chi connectivity index (χ1) is 8.79. The Morgan fingerprint density at radius 3 is 2.72 bits per heavy atom. The van der Waals surface area contributed by atoms with Crippen LogP contribution in [0.15, 0.2) is 36.9 Å². The second kappa shape index (κ2) is 6.31. The molecule has 0 saturated heterocycles. The van der Waals surface area contributed by atoms with Crippen LogP contribution in [0.3, 0.4) is 0 Å². The molecule has 0 spiro atoms. The zero-order chi connectivity index (χ0) is 12.8. The first kappa shape index (κ1) is 12.8. The van der Waals surface area contributed by atoms with Gasteiger partial charge in [-0.25, -0.2) is 0 Å². The van der Waals surface area contributed by atoms with E-state index in [0.29, 0.717) is 6.04 Å². The van der Waals surface area contributed by atoms with Crippen molar-refractivity contribution in [2.75, 3.05) is 6.54 Å². The minimum absolute atomic E-state index is 0.331. The lowest BCUT2D eigenvalue weighted by Gasteiger charge is -2.18. The highest BCUT2D eigenvalue weighted by Gasteiger charge is 2.12. The van der Waals surface area contributed by atoms with E-state index in [0.717, 1.165) is 19.4 Å². The highest BCUT2D eigenvalue weighted by atomic mass is 15.2. The van der Waals surface area contributed by atoms with E-state index in [9.17, 15) is 0 Å². The van der Waals surface area contributed by atoms with Gasteiger partial charge in [0, 0.05) is 31.7 Å². The molecule has 0 aliphatic heterocycles. The van der Waals surface area contributed by atoms with Gasteiger partial charge < -0.3 is 5.32 Å². The van der Waals surface area contributed by atoms with Crippen LogP contribution < -0.4 is 5.32 Å². The van der Waals surface area contributed by atoms with Gasteiger partial charge in [-0.15, -0.1) is 0 Å². The van der Waals surface area contributed by atoms with Crippen molar-refractivity contribution in [2.45, 2.75) is 25.8 Å². The van der Waals surface area contributed by atoms with Gasteiger partial charge in [0.15, 0.2) is 0 Å². The van der Waals surface area contributed by atoms with E-state index in [2.05, 4.69) is 40.7 Å². The van der Waals surface area contributed by atoms with Crippen molar-refractivity contribution < 1.29 is 0 Å². The Kier molecular flexibility index (Phi) is 4.47. The molecule has 1 unspecified atom stereocenters. The van der Waals surface area contributed by atoms with Gasteiger partial charge in [0.1, 0.15) is 0 Å². The average molecular weight is 244 g/mol. The zero-order valence-corrected chi connectivity index (χ0v) is 11.0. The van der Waals surface area contributed by atoms with E-state index < -0.39 is 0 Å². The van der Waals surface area contributed by atoms with Crippen molar-refractivity contribution in [1.82, 2.24) is 20.1 Å².